The van der Waals surface area contributed by atoms with Crippen LogP contribution in [0.2, 0.25) is 0 Å². The van der Waals surface area contributed by atoms with Gasteiger partial charge in [-0.1, -0.05) is 13.8 Å². The molecule has 0 amide bonds. The van der Waals surface area contributed by atoms with Crippen LogP contribution >= 0.6 is 0 Å². The molecule has 5 heteroatoms. The van der Waals surface area contributed by atoms with Gasteiger partial charge in [-0.25, -0.2) is 0 Å². The molecule has 0 saturated carbocycles. The van der Waals surface area contributed by atoms with E-state index in [1.165, 1.54) is 52.9 Å². The Balaban J connectivity index is 0.000000378. The Morgan fingerprint density at radius 3 is 2.26 bits per heavy atom. The summed E-state index contributed by atoms with van der Waals surface area (Å²) in [5, 5.41) is 10.8. The molecule has 2 atom stereocenters. The van der Waals surface area contributed by atoms with E-state index in [1.54, 1.807) is 0 Å². The van der Waals surface area contributed by atoms with Crippen molar-refractivity contribution in [1.29, 1.82) is 0 Å². The van der Waals surface area contributed by atoms with Gasteiger partial charge in [-0.2, -0.15) is 0 Å². The van der Waals surface area contributed by atoms with E-state index in [0.29, 0.717) is 5.92 Å². The Morgan fingerprint density at radius 2 is 1.71 bits per heavy atom. The summed E-state index contributed by atoms with van der Waals surface area (Å²) in [6.07, 6.45) is 5.37. The average Bonchev–Trinajstić information content (AvgIpc) is 3.19. The van der Waals surface area contributed by atoms with E-state index >= 15 is 0 Å². The van der Waals surface area contributed by atoms with Crippen molar-refractivity contribution in [3.8, 4) is 11.3 Å². The molecule has 185 valence electrons. The molecular formula is C30H32IrNO3-. The molecule has 1 radical (unpaired) electrons. The molecule has 0 spiro atoms. The van der Waals surface area contributed by atoms with Crippen molar-refractivity contribution >= 4 is 27.7 Å². The molecule has 1 N–H and O–H groups in total. The Hall–Kier alpha value is -2.75. The third-order valence-corrected chi connectivity index (χ3v) is 6.99. The minimum atomic E-state index is -0.125. The van der Waals surface area contributed by atoms with E-state index in [0.717, 1.165) is 41.2 Å². The number of aromatic nitrogens is 1. The van der Waals surface area contributed by atoms with Crippen LogP contribution in [-0.4, -0.2) is 15.9 Å². The maximum atomic E-state index is 10.0. The topological polar surface area (TPSA) is 63.3 Å². The monoisotopic (exact) mass is 647 g/mol. The first kappa shape index (κ1) is 26.8. The number of hydrogen-bond acceptors (Lipinski definition) is 4. The molecule has 5 rings (SSSR count). The van der Waals surface area contributed by atoms with Crippen molar-refractivity contribution in [3.05, 3.63) is 76.7 Å². The van der Waals surface area contributed by atoms with Gasteiger partial charge in [0.25, 0.3) is 0 Å². The first-order valence-corrected chi connectivity index (χ1v) is 11.9. The van der Waals surface area contributed by atoms with Gasteiger partial charge in [-0.15, -0.1) is 35.9 Å². The predicted octanol–water partition coefficient (Wildman–Crippen LogP) is 7.47. The van der Waals surface area contributed by atoms with Crippen LogP contribution in [0.25, 0.3) is 33.2 Å². The van der Waals surface area contributed by atoms with Crippen molar-refractivity contribution in [2.45, 2.75) is 54.4 Å². The van der Waals surface area contributed by atoms with Crippen molar-refractivity contribution in [2.75, 3.05) is 0 Å². The Labute approximate surface area is 220 Å². The largest absolute Gasteiger partial charge is 0.512 e. The Bertz CT molecular complexity index is 1400. The number of benzene rings is 2. The van der Waals surface area contributed by atoms with Crippen LogP contribution < -0.4 is 0 Å². The van der Waals surface area contributed by atoms with E-state index < -0.39 is 0 Å². The molecule has 2 aromatic carbocycles. The number of hydrogen-bond donors (Lipinski definition) is 1. The van der Waals surface area contributed by atoms with E-state index in [1.807, 2.05) is 30.5 Å². The number of aliphatic hydroxyl groups is 1. The zero-order valence-corrected chi connectivity index (χ0v) is 23.5. The smallest absolute Gasteiger partial charge is 0.155 e. The summed E-state index contributed by atoms with van der Waals surface area (Å²) in [5.74, 6) is 1.38. The van der Waals surface area contributed by atoms with Crippen molar-refractivity contribution in [3.63, 3.8) is 0 Å². The predicted molar refractivity (Wildman–Crippen MR) is 138 cm³/mol. The van der Waals surface area contributed by atoms with Gasteiger partial charge in [0, 0.05) is 48.8 Å². The minimum absolute atomic E-state index is 0. The van der Waals surface area contributed by atoms with E-state index in [4.69, 9.17) is 9.52 Å². The van der Waals surface area contributed by atoms with Crippen molar-refractivity contribution in [2.24, 2.45) is 11.8 Å². The second-order valence-electron chi connectivity index (χ2n) is 9.58. The molecule has 4 aromatic rings. The van der Waals surface area contributed by atoms with Gasteiger partial charge < -0.3 is 14.5 Å². The molecule has 2 aromatic heterocycles. The van der Waals surface area contributed by atoms with Crippen molar-refractivity contribution in [1.82, 2.24) is 4.98 Å². The third kappa shape index (κ3) is 5.27. The Morgan fingerprint density at radius 1 is 1.06 bits per heavy atom. The number of pyridine rings is 1. The fourth-order valence-electron chi connectivity index (χ4n) is 5.03. The van der Waals surface area contributed by atoms with Crippen LogP contribution in [-0.2, 0) is 37.7 Å². The molecule has 1 aliphatic rings. The van der Waals surface area contributed by atoms with Crippen LogP contribution in [0, 0.1) is 31.7 Å². The van der Waals surface area contributed by atoms with E-state index in [2.05, 4.69) is 44.8 Å². The molecule has 1 aliphatic carbocycles. The summed E-state index contributed by atoms with van der Waals surface area (Å²) in [6, 6.07) is 13.4. The second kappa shape index (κ2) is 10.9. The van der Waals surface area contributed by atoms with Gasteiger partial charge in [0.05, 0.1) is 5.76 Å². The molecule has 2 heterocycles. The van der Waals surface area contributed by atoms with Gasteiger partial charge >= 0.3 is 0 Å². The van der Waals surface area contributed by atoms with Gasteiger partial charge in [0.1, 0.15) is 11.2 Å². The maximum Gasteiger partial charge on any atom is 0.155 e. The molecular weight excluding hydrogens is 615 g/mol. The number of carbonyl (C=O) groups is 1. The number of aryl methyl sites for hydroxylation is 2. The molecule has 0 saturated heterocycles. The summed E-state index contributed by atoms with van der Waals surface area (Å²) >= 11 is 0. The molecule has 2 unspecified atom stereocenters. The first-order chi connectivity index (χ1) is 16.2. The van der Waals surface area contributed by atoms with Crippen LogP contribution in [0.4, 0.5) is 0 Å². The fraction of sp³-hybridized carbons (Fsp3) is 0.333. The summed E-state index contributed by atoms with van der Waals surface area (Å²) in [5.41, 5.74) is 9.51. The van der Waals surface area contributed by atoms with E-state index in [9.17, 15) is 4.79 Å². The molecule has 35 heavy (non-hydrogen) atoms. The molecule has 4 nitrogen and oxygen atoms in total. The summed E-state index contributed by atoms with van der Waals surface area (Å²) < 4.78 is 6.50. The van der Waals surface area contributed by atoms with Gasteiger partial charge in [-0.3, -0.25) is 4.79 Å². The number of furan rings is 1. The number of rotatable bonds is 2. The molecule has 0 fully saturated rings. The van der Waals surface area contributed by atoms with Crippen LogP contribution in [0.3, 0.4) is 0 Å². The van der Waals surface area contributed by atoms with Gasteiger partial charge in [0.2, 0.25) is 0 Å². The minimum Gasteiger partial charge on any atom is -0.512 e. The van der Waals surface area contributed by atoms with Gasteiger partial charge in [-0.05, 0) is 80.7 Å². The third-order valence-electron chi connectivity index (χ3n) is 6.99. The number of fused-ring (bicyclic) bond motifs is 4. The maximum absolute atomic E-state index is 10.0. The zero-order valence-electron chi connectivity index (χ0n) is 21.2. The molecule has 0 aliphatic heterocycles. The molecule has 0 bridgehead atoms. The van der Waals surface area contributed by atoms with Gasteiger partial charge in [0.15, 0.2) is 5.78 Å². The number of carbonyl (C=O) groups excluding carboxylic acids is 1. The summed E-state index contributed by atoms with van der Waals surface area (Å²) in [4.78, 5) is 14.6. The van der Waals surface area contributed by atoms with Crippen LogP contribution in [0.1, 0.15) is 49.9 Å². The first-order valence-electron chi connectivity index (χ1n) is 11.9. The number of aliphatic hydroxyl groups excluding tert-OH is 1. The fourth-order valence-corrected chi connectivity index (χ4v) is 5.03. The summed E-state index contributed by atoms with van der Waals surface area (Å²) in [6.45, 7) is 12.1. The average molecular weight is 647 g/mol. The second-order valence-corrected chi connectivity index (χ2v) is 9.58. The number of ketones is 1. The quantitative estimate of drug-likeness (QED) is 0.140. The van der Waals surface area contributed by atoms with Crippen molar-refractivity contribution < 1.29 is 34.4 Å². The normalized spacial score (nSPS) is 17.4. The van der Waals surface area contributed by atoms with Crippen LogP contribution in [0.5, 0.6) is 0 Å². The number of nitrogens with zero attached hydrogens (tertiary/aromatic N) is 1. The van der Waals surface area contributed by atoms with E-state index in [-0.39, 0.29) is 31.6 Å². The van der Waals surface area contributed by atoms with Crippen LogP contribution in [0.15, 0.2) is 52.8 Å². The standard InChI is InChI=1S/C25H24NO.C5H8O2.Ir/c1-14-12-20-16(3)22-19-10-11-26-23(18-8-6-5-7-9-18)25(19)27-24(22)17(4)21(20)13-15(14)2;1-4(6)3-5(2)7;/h5-8,10-11,14-15H,12-13H2,1-4H3;3,6H,1-2H3;/q-1;;/b;4-3-;. The Kier molecular flexibility index (Phi) is 8.35. The SMILES string of the molecule is CC(=O)/C=C(/C)O.Cc1c2c(c(C)c3c1oc1c(-c4[c-]cccc4)nccc13)CC(C)C(C)C2.[Ir]. The zero-order chi connectivity index (χ0) is 24.6. The summed E-state index contributed by atoms with van der Waals surface area (Å²) in [7, 11) is 0. The number of allylic oxidation sites excluding steroid dienone is 2.